The fourth-order valence-corrected chi connectivity index (χ4v) is 4.71. The Morgan fingerprint density at radius 2 is 1.97 bits per heavy atom. The molecule has 34 heavy (non-hydrogen) atoms. The third kappa shape index (κ3) is 4.53. The van der Waals surface area contributed by atoms with Crippen molar-refractivity contribution in [3.8, 4) is 22.8 Å². The first-order valence-corrected chi connectivity index (χ1v) is 11.9. The molecule has 1 aliphatic rings. The molecule has 0 saturated carbocycles. The van der Waals surface area contributed by atoms with Crippen LogP contribution in [-0.4, -0.2) is 53.0 Å². The molecule has 1 aliphatic heterocycles. The molecule has 180 valence electrons. The number of H-pyrrole nitrogens is 1. The van der Waals surface area contributed by atoms with Gasteiger partial charge in [0.15, 0.2) is 0 Å². The van der Waals surface area contributed by atoms with Gasteiger partial charge in [-0.15, -0.1) is 0 Å². The van der Waals surface area contributed by atoms with E-state index < -0.39 is 0 Å². The van der Waals surface area contributed by atoms with E-state index in [-0.39, 0.29) is 17.7 Å². The number of phenols is 1. The number of aromatic nitrogens is 2. The van der Waals surface area contributed by atoms with Crippen LogP contribution in [0.5, 0.6) is 11.5 Å². The van der Waals surface area contributed by atoms with E-state index in [4.69, 9.17) is 9.47 Å². The van der Waals surface area contributed by atoms with Crippen LogP contribution in [0.4, 0.5) is 0 Å². The Kier molecular flexibility index (Phi) is 7.22. The van der Waals surface area contributed by atoms with Crippen molar-refractivity contribution in [3.05, 3.63) is 64.3 Å². The Hall–Kier alpha value is -3.32. The zero-order chi connectivity index (χ0) is 24.2. The van der Waals surface area contributed by atoms with Crippen LogP contribution in [0, 0.1) is 13.8 Å². The van der Waals surface area contributed by atoms with Crippen LogP contribution in [0.15, 0.2) is 36.4 Å². The summed E-state index contributed by atoms with van der Waals surface area (Å²) in [6, 6.07) is 11.3. The molecule has 2 aromatic carbocycles. The number of methoxy groups -OCH3 is 1. The van der Waals surface area contributed by atoms with Crippen LogP contribution in [-0.2, 0) is 4.74 Å². The van der Waals surface area contributed by atoms with Crippen LogP contribution in [0.1, 0.15) is 65.0 Å². The lowest BCUT2D eigenvalue weighted by Gasteiger charge is -2.27. The number of amides is 1. The number of rotatable bonds is 10. The van der Waals surface area contributed by atoms with Gasteiger partial charge in [-0.05, 0) is 61.6 Å². The van der Waals surface area contributed by atoms with E-state index >= 15 is 0 Å². The highest BCUT2D eigenvalue weighted by molar-refractivity contribution is 6.00. The second kappa shape index (κ2) is 10.3. The van der Waals surface area contributed by atoms with Gasteiger partial charge in [0, 0.05) is 31.4 Å². The summed E-state index contributed by atoms with van der Waals surface area (Å²) in [5.74, 6) is 0.840. The Morgan fingerprint density at radius 1 is 1.15 bits per heavy atom. The van der Waals surface area contributed by atoms with Crippen LogP contribution in [0.3, 0.4) is 0 Å². The lowest BCUT2D eigenvalue weighted by Crippen LogP contribution is -2.31. The van der Waals surface area contributed by atoms with Crippen molar-refractivity contribution in [2.24, 2.45) is 0 Å². The number of aryl methyl sites for hydroxylation is 2. The van der Waals surface area contributed by atoms with Gasteiger partial charge in [-0.1, -0.05) is 31.5 Å². The van der Waals surface area contributed by atoms with Crippen molar-refractivity contribution in [1.29, 1.82) is 0 Å². The molecule has 0 bridgehead atoms. The Morgan fingerprint density at radius 3 is 2.71 bits per heavy atom. The molecule has 7 nitrogen and oxygen atoms in total. The molecule has 1 aromatic heterocycles. The molecule has 0 radical (unpaired) electrons. The average Bonchev–Trinajstić information content (AvgIpc) is 3.33. The fraction of sp³-hybridized carbons (Fsp3) is 0.407. The van der Waals surface area contributed by atoms with E-state index in [1.807, 2.05) is 49.1 Å². The zero-order valence-corrected chi connectivity index (χ0v) is 20.4. The maximum absolute atomic E-state index is 13.5. The highest BCUT2D eigenvalue weighted by Gasteiger charge is 2.42. The van der Waals surface area contributed by atoms with Crippen molar-refractivity contribution >= 4 is 5.91 Å². The van der Waals surface area contributed by atoms with Crippen LogP contribution in [0.2, 0.25) is 0 Å². The van der Waals surface area contributed by atoms with Crippen LogP contribution in [0.25, 0.3) is 11.3 Å². The molecular weight excluding hydrogens is 430 g/mol. The number of hydrogen-bond donors (Lipinski definition) is 2. The number of phenolic OH excluding ortho intramolecular Hbond substituents is 1. The molecule has 2 N–H and O–H groups in total. The van der Waals surface area contributed by atoms with E-state index in [1.165, 1.54) is 0 Å². The average molecular weight is 464 g/mol. The lowest BCUT2D eigenvalue weighted by atomic mass is 9.93. The number of aromatic amines is 1. The first-order valence-electron chi connectivity index (χ1n) is 11.9. The summed E-state index contributed by atoms with van der Waals surface area (Å²) in [6.45, 7) is 7.78. The van der Waals surface area contributed by atoms with Crippen molar-refractivity contribution in [3.63, 3.8) is 0 Å². The molecule has 3 aromatic rings. The topological polar surface area (TPSA) is 87.7 Å². The molecule has 7 heteroatoms. The van der Waals surface area contributed by atoms with Crippen molar-refractivity contribution < 1.29 is 19.4 Å². The number of unbranched alkanes of at least 4 members (excludes halogenated alkanes) is 1. The van der Waals surface area contributed by atoms with Gasteiger partial charge in [-0.2, -0.15) is 5.10 Å². The predicted octanol–water partition coefficient (Wildman–Crippen LogP) is 5.16. The van der Waals surface area contributed by atoms with Gasteiger partial charge in [0.1, 0.15) is 22.9 Å². The summed E-state index contributed by atoms with van der Waals surface area (Å²) in [7, 11) is 1.66. The first-order chi connectivity index (χ1) is 16.5. The minimum atomic E-state index is -0.345. The summed E-state index contributed by atoms with van der Waals surface area (Å²) in [4.78, 5) is 15.3. The quantitative estimate of drug-likeness (QED) is 0.406. The Balaban J connectivity index is 1.81. The molecule has 0 aliphatic carbocycles. The van der Waals surface area contributed by atoms with E-state index in [0.717, 1.165) is 40.8 Å². The normalized spacial score (nSPS) is 15.1. The second-order valence-corrected chi connectivity index (χ2v) is 8.86. The lowest BCUT2D eigenvalue weighted by molar-refractivity contribution is 0.0723. The molecule has 2 heterocycles. The number of carbonyl (C=O) groups is 1. The Bertz CT molecular complexity index is 1150. The van der Waals surface area contributed by atoms with E-state index in [0.29, 0.717) is 43.1 Å². The SMILES string of the molecule is CCCCOc1cccc(C2c3c(-c4c(C)cc(C)cc4O)n[nH]c3C(=O)N2CCCOC)c1. The highest BCUT2D eigenvalue weighted by atomic mass is 16.5. The summed E-state index contributed by atoms with van der Waals surface area (Å²) >= 11 is 0. The van der Waals surface area contributed by atoms with Crippen molar-refractivity contribution in [1.82, 2.24) is 15.1 Å². The number of nitrogens with one attached hydrogen (secondary N) is 1. The van der Waals surface area contributed by atoms with E-state index in [9.17, 15) is 9.90 Å². The number of fused-ring (bicyclic) bond motifs is 1. The van der Waals surface area contributed by atoms with Gasteiger partial charge >= 0.3 is 0 Å². The fourth-order valence-electron chi connectivity index (χ4n) is 4.71. The monoisotopic (exact) mass is 463 g/mol. The number of ether oxygens (including phenoxy) is 2. The highest BCUT2D eigenvalue weighted by Crippen LogP contribution is 2.46. The number of hydrogen-bond acceptors (Lipinski definition) is 5. The van der Waals surface area contributed by atoms with E-state index in [1.54, 1.807) is 13.2 Å². The summed E-state index contributed by atoms with van der Waals surface area (Å²) < 4.78 is 11.2. The molecule has 0 saturated heterocycles. The molecule has 1 unspecified atom stereocenters. The van der Waals surface area contributed by atoms with Gasteiger partial charge in [-0.3, -0.25) is 9.89 Å². The molecule has 1 atom stereocenters. The van der Waals surface area contributed by atoms with Gasteiger partial charge in [0.05, 0.1) is 12.6 Å². The van der Waals surface area contributed by atoms with Gasteiger partial charge in [0.25, 0.3) is 5.91 Å². The van der Waals surface area contributed by atoms with Crippen molar-refractivity contribution in [2.45, 2.75) is 46.1 Å². The third-order valence-electron chi connectivity index (χ3n) is 6.25. The van der Waals surface area contributed by atoms with Gasteiger partial charge in [-0.25, -0.2) is 0 Å². The second-order valence-electron chi connectivity index (χ2n) is 8.86. The summed E-state index contributed by atoms with van der Waals surface area (Å²) in [5.41, 5.74) is 5.34. The Labute approximate surface area is 200 Å². The van der Waals surface area contributed by atoms with Crippen LogP contribution >= 0.6 is 0 Å². The smallest absolute Gasteiger partial charge is 0.273 e. The first kappa shape index (κ1) is 23.8. The maximum Gasteiger partial charge on any atom is 0.273 e. The summed E-state index contributed by atoms with van der Waals surface area (Å²) in [6.07, 6.45) is 2.76. The zero-order valence-electron chi connectivity index (χ0n) is 20.4. The molecule has 0 spiro atoms. The largest absolute Gasteiger partial charge is 0.507 e. The number of carbonyl (C=O) groups excluding carboxylic acids is 1. The number of nitrogens with zero attached hydrogens (tertiary/aromatic N) is 2. The minimum absolute atomic E-state index is 0.101. The minimum Gasteiger partial charge on any atom is -0.507 e. The van der Waals surface area contributed by atoms with E-state index in [2.05, 4.69) is 17.1 Å². The van der Waals surface area contributed by atoms with Gasteiger partial charge in [0.2, 0.25) is 0 Å². The molecular formula is C27H33N3O4. The molecule has 4 rings (SSSR count). The number of benzene rings is 2. The third-order valence-corrected chi connectivity index (χ3v) is 6.25. The van der Waals surface area contributed by atoms with Crippen LogP contribution < -0.4 is 4.74 Å². The summed E-state index contributed by atoms with van der Waals surface area (Å²) in [5, 5.41) is 18.3. The predicted molar refractivity (Wildman–Crippen MR) is 131 cm³/mol. The standard InChI is InChI=1S/C27H33N3O4/c1-5-6-13-34-20-10-7-9-19(16-20)26-23-24(22-18(3)14-17(2)15-21(22)31)28-29-25(23)27(32)30(26)11-8-12-33-4/h7,9-10,14-16,26,31H,5-6,8,11-13H2,1-4H3,(H,28,29). The van der Waals surface area contributed by atoms with Crippen molar-refractivity contribution in [2.75, 3.05) is 26.9 Å². The molecule has 1 amide bonds. The number of aromatic hydroxyl groups is 1. The molecule has 0 fully saturated rings. The van der Waals surface area contributed by atoms with Gasteiger partial charge < -0.3 is 19.5 Å². The maximum atomic E-state index is 13.5.